The predicted octanol–water partition coefficient (Wildman–Crippen LogP) is 2.18. The molecule has 0 saturated heterocycles. The molecule has 0 radical (unpaired) electrons. The molecule has 1 aromatic rings. The lowest BCUT2D eigenvalue weighted by Crippen LogP contribution is -2.06. The molecular weight excluding hydrogens is 216 g/mol. The number of carbonyl (C=O) groups excluding carboxylic acids is 2. The van der Waals surface area contributed by atoms with Crippen LogP contribution in [0.15, 0.2) is 12.1 Å². The molecule has 4 heteroatoms. The van der Waals surface area contributed by atoms with Gasteiger partial charge in [0.15, 0.2) is 0 Å². The van der Waals surface area contributed by atoms with E-state index in [-0.39, 0.29) is 12.4 Å². The van der Waals surface area contributed by atoms with E-state index in [2.05, 4.69) is 4.74 Å². The number of benzene rings is 1. The average molecular weight is 227 g/mol. The molecule has 1 aromatic carbocycles. The molecule has 80 valence electrons. The van der Waals surface area contributed by atoms with Crippen LogP contribution < -0.4 is 0 Å². The van der Waals surface area contributed by atoms with Crippen LogP contribution in [0.3, 0.4) is 0 Å². The second-order valence-corrected chi connectivity index (χ2v) is 3.56. The number of hydrogen-bond donors (Lipinski definition) is 0. The number of esters is 1. The van der Waals surface area contributed by atoms with Crippen molar-refractivity contribution in [3.05, 3.63) is 33.8 Å². The van der Waals surface area contributed by atoms with Crippen LogP contribution in [0.1, 0.15) is 21.5 Å². The van der Waals surface area contributed by atoms with E-state index in [1.54, 1.807) is 19.1 Å². The second-order valence-electron chi connectivity index (χ2n) is 3.16. The molecule has 0 heterocycles. The van der Waals surface area contributed by atoms with Crippen LogP contribution >= 0.6 is 11.6 Å². The molecule has 0 unspecified atom stereocenters. The first kappa shape index (κ1) is 11.7. The fourth-order valence-corrected chi connectivity index (χ4v) is 1.49. The Labute approximate surface area is 93.0 Å². The van der Waals surface area contributed by atoms with Gasteiger partial charge in [-0.1, -0.05) is 11.6 Å². The molecule has 0 aliphatic heterocycles. The fraction of sp³-hybridized carbons (Fsp3) is 0.273. The highest BCUT2D eigenvalue weighted by Gasteiger charge is 2.09. The Balaban J connectivity index is 3.10. The summed E-state index contributed by atoms with van der Waals surface area (Å²) < 4.78 is 4.55. The van der Waals surface area contributed by atoms with Gasteiger partial charge in [-0.25, -0.2) is 0 Å². The molecule has 0 bridgehead atoms. The van der Waals surface area contributed by atoms with E-state index in [0.717, 1.165) is 11.1 Å². The highest BCUT2D eigenvalue weighted by molar-refractivity contribution is 6.31. The lowest BCUT2D eigenvalue weighted by molar-refractivity contribution is -0.139. The van der Waals surface area contributed by atoms with Gasteiger partial charge < -0.3 is 4.74 Å². The van der Waals surface area contributed by atoms with Crippen LogP contribution in [-0.2, 0) is 16.0 Å². The molecule has 0 saturated carbocycles. The van der Waals surface area contributed by atoms with Crippen molar-refractivity contribution in [2.45, 2.75) is 13.3 Å². The second kappa shape index (κ2) is 4.94. The topological polar surface area (TPSA) is 43.4 Å². The Morgan fingerprint density at radius 1 is 1.53 bits per heavy atom. The Hall–Kier alpha value is -1.35. The number of halogens is 1. The lowest BCUT2D eigenvalue weighted by atomic mass is 10.0. The molecule has 3 nitrogen and oxygen atoms in total. The fourth-order valence-electron chi connectivity index (χ4n) is 1.24. The van der Waals surface area contributed by atoms with Crippen LogP contribution in [0.2, 0.25) is 5.02 Å². The molecule has 0 amide bonds. The average Bonchev–Trinajstić information content (AvgIpc) is 2.24. The van der Waals surface area contributed by atoms with Gasteiger partial charge in [0, 0.05) is 10.6 Å². The minimum absolute atomic E-state index is 0.129. The summed E-state index contributed by atoms with van der Waals surface area (Å²) in [7, 11) is 1.32. The number of hydrogen-bond acceptors (Lipinski definition) is 3. The van der Waals surface area contributed by atoms with Gasteiger partial charge in [-0.05, 0) is 30.2 Å². The Morgan fingerprint density at radius 3 is 2.73 bits per heavy atom. The summed E-state index contributed by atoms with van der Waals surface area (Å²) in [6.45, 7) is 1.80. The summed E-state index contributed by atoms with van der Waals surface area (Å²) in [6.07, 6.45) is 0.829. The normalized spacial score (nSPS) is 9.80. The van der Waals surface area contributed by atoms with E-state index < -0.39 is 0 Å². The van der Waals surface area contributed by atoms with Crippen molar-refractivity contribution in [1.82, 2.24) is 0 Å². The summed E-state index contributed by atoms with van der Waals surface area (Å²) in [5.41, 5.74) is 1.98. The maximum atomic E-state index is 11.1. The van der Waals surface area contributed by atoms with Crippen molar-refractivity contribution < 1.29 is 14.3 Å². The summed E-state index contributed by atoms with van der Waals surface area (Å²) in [6, 6.07) is 3.22. The van der Waals surface area contributed by atoms with Crippen molar-refractivity contribution in [3.63, 3.8) is 0 Å². The zero-order valence-electron chi connectivity index (χ0n) is 8.54. The number of carbonyl (C=O) groups is 2. The molecule has 0 N–H and O–H groups in total. The van der Waals surface area contributed by atoms with Crippen LogP contribution in [-0.4, -0.2) is 19.4 Å². The third-order valence-corrected chi connectivity index (χ3v) is 2.57. The van der Waals surface area contributed by atoms with Crippen LogP contribution in [0.25, 0.3) is 0 Å². The zero-order chi connectivity index (χ0) is 11.4. The molecule has 0 atom stereocenters. The Bertz CT molecular complexity index is 399. The lowest BCUT2D eigenvalue weighted by Gasteiger charge is -2.07. The van der Waals surface area contributed by atoms with Gasteiger partial charge >= 0.3 is 5.97 Å². The smallest absolute Gasteiger partial charge is 0.309 e. The summed E-state index contributed by atoms with van der Waals surface area (Å²) in [5.74, 6) is -0.350. The van der Waals surface area contributed by atoms with Gasteiger partial charge in [-0.3, -0.25) is 9.59 Å². The number of rotatable bonds is 3. The molecule has 0 spiro atoms. The molecule has 0 aliphatic rings. The highest BCUT2D eigenvalue weighted by atomic mass is 35.5. The highest BCUT2D eigenvalue weighted by Crippen LogP contribution is 2.21. The van der Waals surface area contributed by atoms with Crippen LogP contribution in [0.4, 0.5) is 0 Å². The molecule has 1 rings (SSSR count). The molecule has 0 aromatic heterocycles. The van der Waals surface area contributed by atoms with E-state index in [1.807, 2.05) is 0 Å². The van der Waals surface area contributed by atoms with E-state index in [4.69, 9.17) is 11.6 Å². The Kier molecular flexibility index (Phi) is 3.86. The van der Waals surface area contributed by atoms with Gasteiger partial charge in [-0.15, -0.1) is 0 Å². The van der Waals surface area contributed by atoms with E-state index in [9.17, 15) is 9.59 Å². The zero-order valence-corrected chi connectivity index (χ0v) is 9.30. The number of ether oxygens (including phenoxy) is 1. The van der Waals surface area contributed by atoms with Gasteiger partial charge in [-0.2, -0.15) is 0 Å². The summed E-state index contributed by atoms with van der Waals surface area (Å²) >= 11 is 5.91. The standard InChI is InChI=1S/C11H11ClO3/c1-7-9(5-11(14)15-2)3-8(6-13)4-10(7)12/h3-4,6H,5H2,1-2H3. The minimum Gasteiger partial charge on any atom is -0.469 e. The maximum absolute atomic E-state index is 11.1. The third kappa shape index (κ3) is 2.80. The SMILES string of the molecule is COC(=O)Cc1cc(C=O)cc(Cl)c1C. The quantitative estimate of drug-likeness (QED) is 0.586. The van der Waals surface area contributed by atoms with Crippen molar-refractivity contribution in [2.75, 3.05) is 7.11 Å². The van der Waals surface area contributed by atoms with Crippen molar-refractivity contribution in [2.24, 2.45) is 0 Å². The predicted molar refractivity (Wildman–Crippen MR) is 57.3 cm³/mol. The monoisotopic (exact) mass is 226 g/mol. The van der Waals surface area contributed by atoms with Gasteiger partial charge in [0.05, 0.1) is 13.5 Å². The summed E-state index contributed by atoms with van der Waals surface area (Å²) in [5, 5.41) is 0.485. The van der Waals surface area contributed by atoms with E-state index in [1.165, 1.54) is 7.11 Å². The molecule has 15 heavy (non-hydrogen) atoms. The number of aldehydes is 1. The van der Waals surface area contributed by atoms with E-state index >= 15 is 0 Å². The van der Waals surface area contributed by atoms with Crippen molar-refractivity contribution in [3.8, 4) is 0 Å². The first-order valence-corrected chi connectivity index (χ1v) is 4.77. The van der Waals surface area contributed by atoms with Crippen LogP contribution in [0.5, 0.6) is 0 Å². The van der Waals surface area contributed by atoms with E-state index in [0.29, 0.717) is 16.9 Å². The molecule has 0 aliphatic carbocycles. The summed E-state index contributed by atoms with van der Waals surface area (Å²) in [4.78, 5) is 21.7. The van der Waals surface area contributed by atoms with Crippen molar-refractivity contribution >= 4 is 23.9 Å². The van der Waals surface area contributed by atoms with Gasteiger partial charge in [0.25, 0.3) is 0 Å². The van der Waals surface area contributed by atoms with Gasteiger partial charge in [0.2, 0.25) is 0 Å². The third-order valence-electron chi connectivity index (χ3n) is 2.17. The first-order valence-electron chi connectivity index (χ1n) is 4.39. The molecule has 0 fully saturated rings. The van der Waals surface area contributed by atoms with Crippen molar-refractivity contribution in [1.29, 1.82) is 0 Å². The maximum Gasteiger partial charge on any atom is 0.309 e. The van der Waals surface area contributed by atoms with Gasteiger partial charge in [0.1, 0.15) is 6.29 Å². The largest absolute Gasteiger partial charge is 0.469 e. The minimum atomic E-state index is -0.350. The Morgan fingerprint density at radius 2 is 2.20 bits per heavy atom. The first-order chi connectivity index (χ1) is 7.08. The van der Waals surface area contributed by atoms with Crippen LogP contribution in [0, 0.1) is 6.92 Å². The number of methoxy groups -OCH3 is 1. The molecular formula is C11H11ClO3.